The van der Waals surface area contributed by atoms with E-state index in [0.717, 1.165) is 41.7 Å². The maximum Gasteiger partial charge on any atom is 0.165 e. The smallest absolute Gasteiger partial charge is 0.165 e. The molecule has 0 aromatic carbocycles. The number of hydrogen-bond acceptors (Lipinski definition) is 5. The molecule has 0 amide bonds. The summed E-state index contributed by atoms with van der Waals surface area (Å²) in [6, 6.07) is 2.99. The van der Waals surface area contributed by atoms with Gasteiger partial charge in [-0.2, -0.15) is 5.10 Å². The van der Waals surface area contributed by atoms with Crippen LogP contribution in [0.5, 0.6) is 0 Å². The number of aromatic nitrogens is 4. The van der Waals surface area contributed by atoms with Gasteiger partial charge in [-0.25, -0.2) is 9.97 Å². The van der Waals surface area contributed by atoms with E-state index in [2.05, 4.69) is 53.0 Å². The molecular formula is C18H30N6. The van der Waals surface area contributed by atoms with Crippen molar-refractivity contribution in [2.45, 2.75) is 53.6 Å². The summed E-state index contributed by atoms with van der Waals surface area (Å²) in [7, 11) is 1.94. The van der Waals surface area contributed by atoms with Crippen molar-refractivity contribution in [1.29, 1.82) is 0 Å². The van der Waals surface area contributed by atoms with E-state index in [4.69, 9.17) is 0 Å². The van der Waals surface area contributed by atoms with E-state index in [0.29, 0.717) is 12.1 Å². The third kappa shape index (κ3) is 4.12. The van der Waals surface area contributed by atoms with E-state index in [-0.39, 0.29) is 0 Å². The van der Waals surface area contributed by atoms with Crippen molar-refractivity contribution in [3.63, 3.8) is 0 Å². The fourth-order valence-electron chi connectivity index (χ4n) is 3.10. The molecule has 0 aliphatic rings. The van der Waals surface area contributed by atoms with Gasteiger partial charge < -0.3 is 5.32 Å². The largest absolute Gasteiger partial charge is 0.369 e. The van der Waals surface area contributed by atoms with Gasteiger partial charge in [0.15, 0.2) is 5.82 Å². The summed E-state index contributed by atoms with van der Waals surface area (Å²) in [4.78, 5) is 11.6. The Morgan fingerprint density at radius 1 is 1.17 bits per heavy atom. The minimum Gasteiger partial charge on any atom is -0.369 e. The van der Waals surface area contributed by atoms with Crippen molar-refractivity contribution in [2.24, 2.45) is 7.05 Å². The van der Waals surface area contributed by atoms with E-state index < -0.39 is 0 Å². The molecule has 0 atom stereocenters. The van der Waals surface area contributed by atoms with Crippen LogP contribution in [0.25, 0.3) is 11.4 Å². The molecule has 6 nitrogen and oxygen atoms in total. The fraction of sp³-hybridized carbons (Fsp3) is 0.611. The van der Waals surface area contributed by atoms with E-state index in [1.54, 1.807) is 6.20 Å². The predicted molar refractivity (Wildman–Crippen MR) is 99.2 cm³/mol. The van der Waals surface area contributed by atoms with Gasteiger partial charge in [0.05, 0.1) is 11.3 Å². The highest BCUT2D eigenvalue weighted by Gasteiger charge is 2.15. The maximum absolute atomic E-state index is 4.67. The van der Waals surface area contributed by atoms with Crippen LogP contribution in [-0.4, -0.2) is 49.8 Å². The van der Waals surface area contributed by atoms with Crippen LogP contribution in [0.1, 0.15) is 39.1 Å². The van der Waals surface area contributed by atoms with Crippen LogP contribution in [0.15, 0.2) is 12.3 Å². The molecule has 24 heavy (non-hydrogen) atoms. The van der Waals surface area contributed by atoms with Gasteiger partial charge in [-0.1, -0.05) is 0 Å². The van der Waals surface area contributed by atoms with Gasteiger partial charge >= 0.3 is 0 Å². The van der Waals surface area contributed by atoms with Crippen LogP contribution in [0, 0.1) is 13.8 Å². The SMILES string of the molecule is Cc1nn(C)c(C)c1-c1nccc(NCCN(C(C)C)C(C)C)n1. The molecule has 0 unspecified atom stereocenters. The monoisotopic (exact) mass is 330 g/mol. The van der Waals surface area contributed by atoms with Gasteiger partial charge in [-0.15, -0.1) is 0 Å². The highest BCUT2D eigenvalue weighted by molar-refractivity contribution is 5.62. The highest BCUT2D eigenvalue weighted by Crippen LogP contribution is 2.23. The van der Waals surface area contributed by atoms with E-state index >= 15 is 0 Å². The topological polar surface area (TPSA) is 58.9 Å². The lowest BCUT2D eigenvalue weighted by molar-refractivity contribution is 0.182. The zero-order chi connectivity index (χ0) is 17.9. The normalized spacial score (nSPS) is 11.8. The van der Waals surface area contributed by atoms with Crippen molar-refractivity contribution < 1.29 is 0 Å². The second-order valence-corrected chi connectivity index (χ2v) is 6.79. The number of rotatable bonds is 7. The molecule has 2 rings (SSSR count). The Hall–Kier alpha value is -1.95. The van der Waals surface area contributed by atoms with Gasteiger partial charge in [-0.05, 0) is 47.6 Å². The van der Waals surface area contributed by atoms with Crippen molar-refractivity contribution in [3.8, 4) is 11.4 Å². The first-order chi connectivity index (χ1) is 11.3. The van der Waals surface area contributed by atoms with Crippen molar-refractivity contribution >= 4 is 5.82 Å². The van der Waals surface area contributed by atoms with Gasteiger partial charge in [0.2, 0.25) is 0 Å². The molecule has 0 aliphatic carbocycles. The molecule has 2 aromatic heterocycles. The second-order valence-electron chi connectivity index (χ2n) is 6.79. The van der Waals surface area contributed by atoms with Gasteiger partial charge in [0.25, 0.3) is 0 Å². The van der Waals surface area contributed by atoms with Gasteiger partial charge in [0.1, 0.15) is 5.82 Å². The molecular weight excluding hydrogens is 300 g/mol. The lowest BCUT2D eigenvalue weighted by atomic mass is 10.2. The Morgan fingerprint density at radius 2 is 1.83 bits per heavy atom. The van der Waals surface area contributed by atoms with Crippen molar-refractivity contribution in [2.75, 3.05) is 18.4 Å². The first-order valence-corrected chi connectivity index (χ1v) is 8.64. The molecule has 0 fully saturated rings. The Labute approximate surface area is 145 Å². The zero-order valence-electron chi connectivity index (χ0n) is 16.0. The number of hydrogen-bond donors (Lipinski definition) is 1. The molecule has 6 heteroatoms. The van der Waals surface area contributed by atoms with Crippen LogP contribution in [0.4, 0.5) is 5.82 Å². The minimum atomic E-state index is 0.536. The first-order valence-electron chi connectivity index (χ1n) is 8.64. The second kappa shape index (κ2) is 7.75. The minimum absolute atomic E-state index is 0.536. The Kier molecular flexibility index (Phi) is 5.94. The quantitative estimate of drug-likeness (QED) is 0.845. The van der Waals surface area contributed by atoms with E-state index in [9.17, 15) is 0 Å². The summed E-state index contributed by atoms with van der Waals surface area (Å²) >= 11 is 0. The first kappa shape index (κ1) is 18.4. The van der Waals surface area contributed by atoms with Crippen LogP contribution in [0.2, 0.25) is 0 Å². The number of nitrogens with zero attached hydrogens (tertiary/aromatic N) is 5. The molecule has 132 valence electrons. The molecule has 2 aromatic rings. The lowest BCUT2D eigenvalue weighted by Crippen LogP contribution is -2.40. The van der Waals surface area contributed by atoms with Crippen LogP contribution >= 0.6 is 0 Å². The Balaban J connectivity index is 2.08. The van der Waals surface area contributed by atoms with Crippen LogP contribution in [-0.2, 0) is 7.05 Å². The van der Waals surface area contributed by atoms with Crippen LogP contribution < -0.4 is 5.32 Å². The summed E-state index contributed by atoms with van der Waals surface area (Å²) in [5, 5.41) is 7.87. The van der Waals surface area contributed by atoms with Crippen LogP contribution in [0.3, 0.4) is 0 Å². The number of anilines is 1. The van der Waals surface area contributed by atoms with Crippen molar-refractivity contribution in [1.82, 2.24) is 24.6 Å². The average molecular weight is 330 g/mol. The average Bonchev–Trinajstić information content (AvgIpc) is 2.76. The Bertz CT molecular complexity index is 666. The van der Waals surface area contributed by atoms with E-state index in [1.165, 1.54) is 0 Å². The molecule has 0 bridgehead atoms. The Morgan fingerprint density at radius 3 is 2.38 bits per heavy atom. The fourth-order valence-corrected chi connectivity index (χ4v) is 3.10. The van der Waals surface area contributed by atoms with Gasteiger partial charge in [0, 0.05) is 44.1 Å². The highest BCUT2D eigenvalue weighted by atomic mass is 15.3. The zero-order valence-corrected chi connectivity index (χ0v) is 16.0. The third-order valence-corrected chi connectivity index (χ3v) is 4.39. The third-order valence-electron chi connectivity index (χ3n) is 4.39. The van der Waals surface area contributed by atoms with Crippen molar-refractivity contribution in [3.05, 3.63) is 23.7 Å². The summed E-state index contributed by atoms with van der Waals surface area (Å²) in [6.07, 6.45) is 1.80. The molecule has 2 heterocycles. The molecule has 1 N–H and O–H groups in total. The lowest BCUT2D eigenvalue weighted by Gasteiger charge is -2.30. The summed E-state index contributed by atoms with van der Waals surface area (Å²) < 4.78 is 1.87. The molecule has 0 spiro atoms. The summed E-state index contributed by atoms with van der Waals surface area (Å²) in [5.41, 5.74) is 3.06. The molecule has 0 saturated carbocycles. The van der Waals surface area contributed by atoms with Gasteiger partial charge in [-0.3, -0.25) is 9.58 Å². The summed E-state index contributed by atoms with van der Waals surface area (Å²) in [5.74, 6) is 1.59. The standard InChI is InChI=1S/C18H30N6/c1-12(2)24(13(3)4)11-10-19-16-8-9-20-18(21-16)17-14(5)22-23(7)15(17)6/h8-9,12-13H,10-11H2,1-7H3,(H,19,20,21). The summed E-state index contributed by atoms with van der Waals surface area (Å²) in [6.45, 7) is 14.8. The van der Waals surface area contributed by atoms with E-state index in [1.807, 2.05) is 31.6 Å². The molecule has 0 aliphatic heterocycles. The number of nitrogens with one attached hydrogen (secondary N) is 1. The molecule has 0 saturated heterocycles. The number of aryl methyl sites for hydroxylation is 2. The predicted octanol–water partition coefficient (Wildman–Crippen LogP) is 3.02. The molecule has 0 radical (unpaired) electrons. The maximum atomic E-state index is 4.67.